The molecule has 2 rings (SSSR count). The minimum Gasteiger partial charge on any atom is -0.494 e. The molecule has 1 heterocycles. The zero-order chi connectivity index (χ0) is 11.4. The van der Waals surface area contributed by atoms with Crippen LogP contribution in [-0.4, -0.2) is 24.6 Å². The molecule has 0 saturated carbocycles. The van der Waals surface area contributed by atoms with Crippen molar-refractivity contribution in [3.05, 3.63) is 29.3 Å². The van der Waals surface area contributed by atoms with Gasteiger partial charge < -0.3 is 4.74 Å². The normalized spacial score (nSPS) is 15.9. The van der Waals surface area contributed by atoms with E-state index in [9.17, 15) is 0 Å². The third-order valence-corrected chi connectivity index (χ3v) is 3.19. The molecule has 0 aliphatic carbocycles. The maximum atomic E-state index is 5.66. The number of likely N-dealkylation sites (N-methyl/N-ethyl adjacent to an activating group) is 1. The van der Waals surface area contributed by atoms with Crippen molar-refractivity contribution in [2.24, 2.45) is 0 Å². The summed E-state index contributed by atoms with van der Waals surface area (Å²) < 4.78 is 5.66. The third-order valence-electron chi connectivity index (χ3n) is 3.19. The Morgan fingerprint density at radius 1 is 1.25 bits per heavy atom. The molecule has 0 unspecified atom stereocenters. The van der Waals surface area contributed by atoms with Crippen LogP contribution in [0, 0.1) is 0 Å². The van der Waals surface area contributed by atoms with E-state index in [2.05, 4.69) is 36.9 Å². The van der Waals surface area contributed by atoms with Gasteiger partial charge in [0, 0.05) is 13.1 Å². The summed E-state index contributed by atoms with van der Waals surface area (Å²) in [4.78, 5) is 2.48. The maximum Gasteiger partial charge on any atom is 0.119 e. The van der Waals surface area contributed by atoms with Crippen LogP contribution in [-0.2, 0) is 13.0 Å². The van der Waals surface area contributed by atoms with Crippen LogP contribution >= 0.6 is 0 Å². The number of ether oxygens (including phenoxy) is 1. The molecule has 16 heavy (non-hydrogen) atoms. The first-order valence-corrected chi connectivity index (χ1v) is 6.30. The Bertz CT molecular complexity index is 349. The van der Waals surface area contributed by atoms with Crippen molar-refractivity contribution in [2.45, 2.75) is 33.2 Å². The highest BCUT2D eigenvalue weighted by molar-refractivity contribution is 5.37. The van der Waals surface area contributed by atoms with Gasteiger partial charge in [-0.3, -0.25) is 4.90 Å². The summed E-state index contributed by atoms with van der Waals surface area (Å²) in [6.07, 6.45) is 2.23. The zero-order valence-electron chi connectivity index (χ0n) is 10.3. The monoisotopic (exact) mass is 219 g/mol. The lowest BCUT2D eigenvalue weighted by Gasteiger charge is -2.27. The van der Waals surface area contributed by atoms with Gasteiger partial charge in [-0.25, -0.2) is 0 Å². The number of hydrogen-bond donors (Lipinski definition) is 0. The molecule has 0 N–H and O–H groups in total. The Balaban J connectivity index is 2.08. The maximum absolute atomic E-state index is 5.66. The molecule has 0 fully saturated rings. The number of benzene rings is 1. The highest BCUT2D eigenvalue weighted by atomic mass is 16.5. The summed E-state index contributed by atoms with van der Waals surface area (Å²) in [5.74, 6) is 1.03. The van der Waals surface area contributed by atoms with E-state index < -0.39 is 0 Å². The van der Waals surface area contributed by atoms with Crippen LogP contribution in [0.4, 0.5) is 0 Å². The van der Waals surface area contributed by atoms with Crippen LogP contribution < -0.4 is 4.74 Å². The summed E-state index contributed by atoms with van der Waals surface area (Å²) in [5, 5.41) is 0. The van der Waals surface area contributed by atoms with E-state index in [1.165, 1.54) is 17.7 Å². The quantitative estimate of drug-likeness (QED) is 0.772. The second-order valence-electron chi connectivity index (χ2n) is 4.40. The molecule has 1 aliphatic rings. The number of rotatable bonds is 4. The summed E-state index contributed by atoms with van der Waals surface area (Å²) in [6, 6.07) is 6.55. The van der Waals surface area contributed by atoms with Gasteiger partial charge in [0.05, 0.1) is 6.61 Å². The fourth-order valence-electron chi connectivity index (χ4n) is 2.17. The van der Waals surface area contributed by atoms with E-state index >= 15 is 0 Å². The third kappa shape index (κ3) is 2.56. The van der Waals surface area contributed by atoms with Crippen molar-refractivity contribution in [1.82, 2.24) is 4.90 Å². The molecule has 0 atom stereocenters. The molecule has 0 saturated heterocycles. The van der Waals surface area contributed by atoms with E-state index in [4.69, 9.17) is 4.74 Å². The lowest BCUT2D eigenvalue weighted by atomic mass is 9.99. The molecule has 1 aromatic rings. The largest absolute Gasteiger partial charge is 0.494 e. The fourth-order valence-corrected chi connectivity index (χ4v) is 2.17. The van der Waals surface area contributed by atoms with Crippen LogP contribution in [0.3, 0.4) is 0 Å². The Morgan fingerprint density at radius 3 is 2.88 bits per heavy atom. The fraction of sp³-hybridized carbons (Fsp3) is 0.571. The zero-order valence-corrected chi connectivity index (χ0v) is 10.3. The first-order valence-electron chi connectivity index (χ1n) is 6.30. The summed E-state index contributed by atoms with van der Waals surface area (Å²) in [7, 11) is 0. The van der Waals surface area contributed by atoms with E-state index in [1.807, 2.05) is 0 Å². The van der Waals surface area contributed by atoms with Crippen molar-refractivity contribution in [3.8, 4) is 5.75 Å². The van der Waals surface area contributed by atoms with Crippen molar-refractivity contribution in [1.29, 1.82) is 0 Å². The highest BCUT2D eigenvalue weighted by Crippen LogP contribution is 2.23. The minimum atomic E-state index is 0.819. The molecule has 88 valence electrons. The van der Waals surface area contributed by atoms with Crippen molar-refractivity contribution < 1.29 is 4.74 Å². The van der Waals surface area contributed by atoms with Crippen LogP contribution in [0.5, 0.6) is 5.75 Å². The summed E-state index contributed by atoms with van der Waals surface area (Å²) >= 11 is 0. The number of hydrogen-bond acceptors (Lipinski definition) is 2. The average Bonchev–Trinajstić information content (AvgIpc) is 2.35. The molecule has 1 aromatic carbocycles. The van der Waals surface area contributed by atoms with E-state index in [0.717, 1.165) is 38.3 Å². The van der Waals surface area contributed by atoms with Gasteiger partial charge in [-0.05, 0) is 42.6 Å². The first-order chi connectivity index (χ1) is 7.83. The van der Waals surface area contributed by atoms with Crippen LogP contribution in [0.15, 0.2) is 18.2 Å². The van der Waals surface area contributed by atoms with Crippen LogP contribution in [0.2, 0.25) is 0 Å². The molecule has 2 nitrogen and oxygen atoms in total. The lowest BCUT2D eigenvalue weighted by Crippen LogP contribution is -2.30. The summed E-state index contributed by atoms with van der Waals surface area (Å²) in [5.41, 5.74) is 2.94. The molecule has 0 radical (unpaired) electrons. The molecule has 0 amide bonds. The molecule has 2 heteroatoms. The molecule has 0 spiro atoms. The van der Waals surface area contributed by atoms with Crippen LogP contribution in [0.25, 0.3) is 0 Å². The van der Waals surface area contributed by atoms with Gasteiger partial charge in [-0.1, -0.05) is 19.9 Å². The van der Waals surface area contributed by atoms with Gasteiger partial charge in [0.2, 0.25) is 0 Å². The van der Waals surface area contributed by atoms with Crippen LogP contribution in [0.1, 0.15) is 31.4 Å². The average molecular weight is 219 g/mol. The second kappa shape index (κ2) is 5.35. The highest BCUT2D eigenvalue weighted by Gasteiger charge is 2.14. The predicted octanol–water partition coefficient (Wildman–Crippen LogP) is 2.85. The summed E-state index contributed by atoms with van der Waals surface area (Å²) in [6.45, 7) is 8.61. The number of fused-ring (bicyclic) bond motifs is 1. The van der Waals surface area contributed by atoms with Gasteiger partial charge in [0.15, 0.2) is 0 Å². The Hall–Kier alpha value is -1.02. The Kier molecular flexibility index (Phi) is 3.83. The van der Waals surface area contributed by atoms with Crippen molar-refractivity contribution in [3.63, 3.8) is 0 Å². The lowest BCUT2D eigenvalue weighted by molar-refractivity contribution is 0.266. The Labute approximate surface area is 98.2 Å². The first kappa shape index (κ1) is 11.5. The Morgan fingerprint density at radius 2 is 2.12 bits per heavy atom. The minimum absolute atomic E-state index is 0.819. The van der Waals surface area contributed by atoms with Gasteiger partial charge in [0.1, 0.15) is 5.75 Å². The van der Waals surface area contributed by atoms with Crippen molar-refractivity contribution in [2.75, 3.05) is 19.7 Å². The number of nitrogens with zero attached hydrogens (tertiary/aromatic N) is 1. The molecular formula is C14H21NO. The standard InChI is InChI=1S/C14H21NO/c1-3-9-16-14-6-5-13-11-15(4-2)8-7-12(13)10-14/h5-6,10H,3-4,7-9,11H2,1-2H3. The topological polar surface area (TPSA) is 12.5 Å². The second-order valence-corrected chi connectivity index (χ2v) is 4.40. The molecule has 0 aromatic heterocycles. The molecule has 0 bridgehead atoms. The van der Waals surface area contributed by atoms with E-state index in [0.29, 0.717) is 0 Å². The van der Waals surface area contributed by atoms with E-state index in [-0.39, 0.29) is 0 Å². The van der Waals surface area contributed by atoms with Gasteiger partial charge >= 0.3 is 0 Å². The van der Waals surface area contributed by atoms with E-state index in [1.54, 1.807) is 0 Å². The molecular weight excluding hydrogens is 198 g/mol. The van der Waals surface area contributed by atoms with Gasteiger partial charge in [-0.2, -0.15) is 0 Å². The molecule has 1 aliphatic heterocycles. The predicted molar refractivity (Wildman–Crippen MR) is 66.9 cm³/mol. The van der Waals surface area contributed by atoms with Gasteiger partial charge in [-0.15, -0.1) is 0 Å². The smallest absolute Gasteiger partial charge is 0.119 e. The van der Waals surface area contributed by atoms with Gasteiger partial charge in [0.25, 0.3) is 0 Å². The SMILES string of the molecule is CCCOc1ccc2c(c1)CCN(CC)C2. The van der Waals surface area contributed by atoms with Crippen molar-refractivity contribution >= 4 is 0 Å².